The number of imidazole rings is 1. The predicted octanol–water partition coefficient (Wildman–Crippen LogP) is 7.81. The van der Waals surface area contributed by atoms with Gasteiger partial charge >= 0.3 is 0 Å². The lowest BCUT2D eigenvalue weighted by molar-refractivity contribution is 0.630. The van der Waals surface area contributed by atoms with Crippen LogP contribution in [-0.4, -0.2) is 9.97 Å². The van der Waals surface area contributed by atoms with Crippen molar-refractivity contribution in [1.29, 1.82) is 0 Å². The van der Waals surface area contributed by atoms with E-state index in [1.54, 1.807) is 23.5 Å². The van der Waals surface area contributed by atoms with Gasteiger partial charge in [-0.2, -0.15) is 0 Å². The van der Waals surface area contributed by atoms with Gasteiger partial charge in [0.25, 0.3) is 0 Å². The number of H-pyrrole nitrogens is 1. The van der Waals surface area contributed by atoms with Crippen molar-refractivity contribution in [3.8, 4) is 11.4 Å². The third-order valence-electron chi connectivity index (χ3n) is 4.36. The first-order valence-corrected chi connectivity index (χ1v) is 10.0. The van der Waals surface area contributed by atoms with E-state index in [4.69, 9.17) is 28.2 Å². The largest absolute Gasteiger partial charge is 0.337 e. The number of nitrogens with one attached hydrogen (secondary N) is 1. The normalized spacial score (nSPS) is 11.8. The molecule has 0 atom stereocenters. The summed E-state index contributed by atoms with van der Waals surface area (Å²) >= 11 is 17.6. The zero-order valence-corrected chi connectivity index (χ0v) is 16.8. The Balaban J connectivity index is 1.97. The van der Waals surface area contributed by atoms with Gasteiger partial charge < -0.3 is 4.98 Å². The number of hydrogen-bond donors (Lipinski definition) is 1. The van der Waals surface area contributed by atoms with Crippen LogP contribution in [0.25, 0.3) is 43.3 Å². The summed E-state index contributed by atoms with van der Waals surface area (Å²) in [5.41, 5.74) is 1.91. The second-order valence-electron chi connectivity index (χ2n) is 5.89. The van der Waals surface area contributed by atoms with Gasteiger partial charge in [-0.15, -0.1) is 11.3 Å². The van der Waals surface area contributed by atoms with Crippen molar-refractivity contribution in [1.82, 2.24) is 9.97 Å². The molecule has 0 bridgehead atoms. The maximum atomic E-state index is 14.4. The van der Waals surface area contributed by atoms with Crippen LogP contribution in [0.3, 0.4) is 0 Å². The van der Waals surface area contributed by atoms with E-state index in [0.29, 0.717) is 15.9 Å². The Hall–Kier alpha value is -1.66. The number of benzene rings is 3. The first-order chi connectivity index (χ1) is 12.5. The molecule has 5 rings (SSSR count). The SMILES string of the molecule is Fc1cccc(Cl)c1-c1nc2c3ccc(Cl)cc3c3cc(Br)sc3c2[nH]1. The molecule has 0 radical (unpaired) electrons. The minimum Gasteiger partial charge on any atom is -0.337 e. The summed E-state index contributed by atoms with van der Waals surface area (Å²) in [6.07, 6.45) is 0. The summed E-state index contributed by atoms with van der Waals surface area (Å²) in [5, 5.41) is 4.02. The molecule has 0 saturated carbocycles. The number of hydrogen-bond acceptors (Lipinski definition) is 2. The Kier molecular flexibility index (Phi) is 3.76. The van der Waals surface area contributed by atoms with Gasteiger partial charge in [0.2, 0.25) is 0 Å². The van der Waals surface area contributed by atoms with Crippen molar-refractivity contribution in [3.05, 3.63) is 62.1 Å². The highest BCUT2D eigenvalue weighted by Crippen LogP contribution is 2.42. The summed E-state index contributed by atoms with van der Waals surface area (Å²) in [5.74, 6) is 0.00359. The van der Waals surface area contributed by atoms with Crippen LogP contribution < -0.4 is 0 Å². The fourth-order valence-corrected chi connectivity index (χ4v) is 5.31. The molecule has 2 nitrogen and oxygen atoms in total. The highest BCUT2D eigenvalue weighted by Gasteiger charge is 2.19. The quantitative estimate of drug-likeness (QED) is 0.268. The summed E-state index contributed by atoms with van der Waals surface area (Å²) in [7, 11) is 0. The molecule has 26 heavy (non-hydrogen) atoms. The molecule has 2 heterocycles. The van der Waals surface area contributed by atoms with E-state index in [9.17, 15) is 4.39 Å². The smallest absolute Gasteiger partial charge is 0.143 e. The number of aromatic nitrogens is 2. The minimum absolute atomic E-state index is 0.274. The van der Waals surface area contributed by atoms with Crippen LogP contribution >= 0.6 is 50.5 Å². The van der Waals surface area contributed by atoms with Crippen molar-refractivity contribution >= 4 is 82.4 Å². The van der Waals surface area contributed by atoms with Gasteiger partial charge in [0.15, 0.2) is 0 Å². The standard InChI is InChI=1S/C19H8BrCl2FN2S/c20-14-7-11-10-6-8(21)4-5-9(10)16-17(18(11)26-14)25-19(24-16)15-12(22)2-1-3-13(15)23/h1-7H,(H,24,25). The molecule has 128 valence electrons. The Labute approximate surface area is 169 Å². The first-order valence-electron chi connectivity index (χ1n) is 7.67. The Morgan fingerprint density at radius 2 is 1.88 bits per heavy atom. The Bertz CT molecular complexity index is 1320. The van der Waals surface area contributed by atoms with E-state index in [1.807, 2.05) is 18.2 Å². The maximum Gasteiger partial charge on any atom is 0.143 e. The predicted molar refractivity (Wildman–Crippen MR) is 112 cm³/mol. The number of thiophene rings is 1. The van der Waals surface area contributed by atoms with Crippen LogP contribution in [0, 0.1) is 5.82 Å². The molecule has 0 amide bonds. The molecule has 7 heteroatoms. The second-order valence-corrected chi connectivity index (χ2v) is 9.16. The van der Waals surface area contributed by atoms with Crippen LogP contribution in [0.15, 0.2) is 46.3 Å². The minimum atomic E-state index is -0.410. The molecule has 3 aromatic carbocycles. The molecule has 2 aromatic heterocycles. The Morgan fingerprint density at radius 3 is 2.69 bits per heavy atom. The molecule has 0 aliphatic carbocycles. The van der Waals surface area contributed by atoms with Crippen LogP contribution in [0.4, 0.5) is 4.39 Å². The molecule has 0 aliphatic heterocycles. The lowest BCUT2D eigenvalue weighted by Crippen LogP contribution is -1.87. The lowest BCUT2D eigenvalue weighted by Gasteiger charge is -2.02. The van der Waals surface area contributed by atoms with Crippen LogP contribution in [0.1, 0.15) is 0 Å². The van der Waals surface area contributed by atoms with E-state index in [-0.39, 0.29) is 5.56 Å². The number of fused-ring (bicyclic) bond motifs is 6. The number of rotatable bonds is 1. The van der Waals surface area contributed by atoms with Gasteiger partial charge in [-0.25, -0.2) is 9.37 Å². The molecule has 0 aliphatic rings. The van der Waals surface area contributed by atoms with E-state index in [2.05, 4.69) is 27.0 Å². The summed E-state index contributed by atoms with van der Waals surface area (Å²) in [4.78, 5) is 7.97. The molecule has 0 spiro atoms. The van der Waals surface area contributed by atoms with Crippen LogP contribution in [0.2, 0.25) is 10.0 Å². The van der Waals surface area contributed by atoms with Crippen molar-refractivity contribution in [3.63, 3.8) is 0 Å². The van der Waals surface area contributed by atoms with E-state index in [1.165, 1.54) is 6.07 Å². The molecule has 1 N–H and O–H groups in total. The van der Waals surface area contributed by atoms with Gasteiger partial charge in [0, 0.05) is 15.8 Å². The first kappa shape index (κ1) is 16.5. The van der Waals surface area contributed by atoms with Gasteiger partial charge in [0.1, 0.15) is 11.6 Å². The monoisotopic (exact) mass is 464 g/mol. The average molecular weight is 466 g/mol. The maximum absolute atomic E-state index is 14.4. The Morgan fingerprint density at radius 1 is 1.04 bits per heavy atom. The number of halogens is 4. The van der Waals surface area contributed by atoms with Crippen molar-refractivity contribution in [2.45, 2.75) is 0 Å². The van der Waals surface area contributed by atoms with E-state index >= 15 is 0 Å². The topological polar surface area (TPSA) is 28.7 Å². The van der Waals surface area contributed by atoms with Gasteiger partial charge in [0.05, 0.1) is 30.1 Å². The summed E-state index contributed by atoms with van der Waals surface area (Å²) < 4.78 is 16.4. The van der Waals surface area contributed by atoms with Gasteiger partial charge in [-0.05, 0) is 51.6 Å². The zero-order chi connectivity index (χ0) is 18.0. The lowest BCUT2D eigenvalue weighted by atomic mass is 10.1. The van der Waals surface area contributed by atoms with Crippen LogP contribution in [0.5, 0.6) is 0 Å². The molecule has 0 fully saturated rings. The highest BCUT2D eigenvalue weighted by atomic mass is 79.9. The zero-order valence-electron chi connectivity index (χ0n) is 12.9. The number of aromatic amines is 1. The number of nitrogens with zero attached hydrogens (tertiary/aromatic N) is 1. The van der Waals surface area contributed by atoms with Crippen molar-refractivity contribution in [2.75, 3.05) is 0 Å². The summed E-state index contributed by atoms with van der Waals surface area (Å²) in [6, 6.07) is 12.4. The molecule has 0 saturated heterocycles. The summed E-state index contributed by atoms with van der Waals surface area (Å²) in [6.45, 7) is 0. The fourth-order valence-electron chi connectivity index (χ4n) is 3.27. The second kappa shape index (κ2) is 5.92. The molecular formula is C19H8BrCl2FN2S. The molecule has 0 unspecified atom stereocenters. The average Bonchev–Trinajstić information content (AvgIpc) is 3.18. The third-order valence-corrected chi connectivity index (χ3v) is 6.56. The highest BCUT2D eigenvalue weighted by molar-refractivity contribution is 9.11. The molecular weight excluding hydrogens is 458 g/mol. The van der Waals surface area contributed by atoms with Gasteiger partial charge in [-0.3, -0.25) is 0 Å². The van der Waals surface area contributed by atoms with Gasteiger partial charge in [-0.1, -0.05) is 35.3 Å². The molecule has 5 aromatic rings. The van der Waals surface area contributed by atoms with Crippen LogP contribution in [-0.2, 0) is 0 Å². The van der Waals surface area contributed by atoms with Crippen molar-refractivity contribution in [2.24, 2.45) is 0 Å². The third kappa shape index (κ3) is 2.38. The fraction of sp³-hybridized carbons (Fsp3) is 0. The van der Waals surface area contributed by atoms with E-state index < -0.39 is 5.82 Å². The van der Waals surface area contributed by atoms with Crippen molar-refractivity contribution < 1.29 is 4.39 Å². The van der Waals surface area contributed by atoms with E-state index in [0.717, 1.165) is 35.7 Å².